The minimum Gasteiger partial charge on any atom is -0.476 e. The van der Waals surface area contributed by atoms with Gasteiger partial charge in [0.1, 0.15) is 6.54 Å². The number of aromatic nitrogens is 2. The number of hydrogen-bond donors (Lipinski definition) is 1. The number of aromatic carboxylic acids is 1. The fraction of sp³-hybridized carbons (Fsp3) is 0.583. The number of carbonyl (C=O) groups is 2. The predicted molar refractivity (Wildman–Crippen MR) is 64.2 cm³/mol. The van der Waals surface area contributed by atoms with Gasteiger partial charge >= 0.3 is 5.97 Å². The van der Waals surface area contributed by atoms with Crippen molar-refractivity contribution in [1.82, 2.24) is 14.7 Å². The van der Waals surface area contributed by atoms with Crippen LogP contribution in [0, 0.1) is 0 Å². The second kappa shape index (κ2) is 5.66. The number of hydrogen-bond acceptors (Lipinski definition) is 3. The van der Waals surface area contributed by atoms with E-state index in [2.05, 4.69) is 5.10 Å². The average Bonchev–Trinajstić information content (AvgIpc) is 2.64. The Kier molecular flexibility index (Phi) is 3.96. The van der Waals surface area contributed by atoms with Gasteiger partial charge in [-0.25, -0.2) is 4.79 Å². The molecule has 1 saturated heterocycles. The van der Waals surface area contributed by atoms with Gasteiger partial charge in [-0.05, 0) is 18.9 Å². The standard InChI is InChI=1S/C12H17N3O3/c16-11(14-6-3-1-2-4-7-14)9-15-8-5-10(13-15)12(17)18/h5,8H,1-4,6-7,9H2,(H,17,18). The summed E-state index contributed by atoms with van der Waals surface area (Å²) in [5, 5.41) is 12.6. The number of rotatable bonds is 3. The van der Waals surface area contributed by atoms with Gasteiger partial charge in [0.2, 0.25) is 5.91 Å². The summed E-state index contributed by atoms with van der Waals surface area (Å²) >= 11 is 0. The van der Waals surface area contributed by atoms with E-state index in [1.54, 1.807) is 0 Å². The molecule has 1 N–H and O–H groups in total. The molecule has 6 nitrogen and oxygen atoms in total. The maximum Gasteiger partial charge on any atom is 0.356 e. The van der Waals surface area contributed by atoms with E-state index < -0.39 is 5.97 Å². The minimum absolute atomic E-state index is 0.0111. The smallest absolute Gasteiger partial charge is 0.356 e. The molecule has 0 atom stereocenters. The molecule has 1 aliphatic rings. The molecule has 6 heteroatoms. The Balaban J connectivity index is 1.94. The van der Waals surface area contributed by atoms with Crippen LogP contribution >= 0.6 is 0 Å². The zero-order valence-corrected chi connectivity index (χ0v) is 10.2. The molecule has 1 aromatic heterocycles. The minimum atomic E-state index is -1.07. The summed E-state index contributed by atoms with van der Waals surface area (Å²) in [6.45, 7) is 1.71. The highest BCUT2D eigenvalue weighted by atomic mass is 16.4. The lowest BCUT2D eigenvalue weighted by Crippen LogP contribution is -2.34. The molecule has 0 aromatic carbocycles. The van der Waals surface area contributed by atoms with E-state index in [9.17, 15) is 9.59 Å². The molecule has 1 aliphatic heterocycles. The first-order chi connectivity index (χ1) is 8.66. The third-order valence-electron chi connectivity index (χ3n) is 3.12. The molecule has 0 radical (unpaired) electrons. The Morgan fingerprint density at radius 3 is 2.44 bits per heavy atom. The molecule has 0 unspecified atom stereocenters. The van der Waals surface area contributed by atoms with E-state index in [1.807, 2.05) is 4.90 Å². The van der Waals surface area contributed by atoms with E-state index in [4.69, 9.17) is 5.11 Å². The molecule has 2 rings (SSSR count). The summed E-state index contributed by atoms with van der Waals surface area (Å²) in [6.07, 6.45) is 5.97. The monoisotopic (exact) mass is 251 g/mol. The molecule has 1 amide bonds. The first-order valence-electron chi connectivity index (χ1n) is 6.21. The van der Waals surface area contributed by atoms with Crippen molar-refractivity contribution in [2.24, 2.45) is 0 Å². The number of carboxylic acids is 1. The van der Waals surface area contributed by atoms with Gasteiger partial charge in [0.25, 0.3) is 0 Å². The lowest BCUT2D eigenvalue weighted by molar-refractivity contribution is -0.132. The van der Waals surface area contributed by atoms with Crippen LogP contribution in [0.2, 0.25) is 0 Å². The Morgan fingerprint density at radius 1 is 1.22 bits per heavy atom. The Morgan fingerprint density at radius 2 is 1.89 bits per heavy atom. The van der Waals surface area contributed by atoms with Crippen molar-refractivity contribution in [1.29, 1.82) is 0 Å². The predicted octanol–water partition coefficient (Wildman–Crippen LogP) is 0.984. The number of nitrogens with zero attached hydrogens (tertiary/aromatic N) is 3. The first-order valence-corrected chi connectivity index (χ1v) is 6.21. The number of amides is 1. The first kappa shape index (κ1) is 12.6. The average molecular weight is 251 g/mol. The summed E-state index contributed by atoms with van der Waals surface area (Å²) < 4.78 is 1.39. The molecule has 0 spiro atoms. The normalized spacial score (nSPS) is 16.3. The van der Waals surface area contributed by atoms with Crippen LogP contribution < -0.4 is 0 Å². The lowest BCUT2D eigenvalue weighted by Gasteiger charge is -2.20. The molecule has 1 fully saturated rings. The van der Waals surface area contributed by atoms with Gasteiger partial charge in [0, 0.05) is 19.3 Å². The number of likely N-dealkylation sites (tertiary alicyclic amines) is 1. The van der Waals surface area contributed by atoms with E-state index in [-0.39, 0.29) is 18.1 Å². The van der Waals surface area contributed by atoms with E-state index in [0.29, 0.717) is 0 Å². The van der Waals surface area contributed by atoms with Crippen molar-refractivity contribution in [2.45, 2.75) is 32.2 Å². The molecule has 0 bridgehead atoms. The topological polar surface area (TPSA) is 75.4 Å². The highest BCUT2D eigenvalue weighted by molar-refractivity contribution is 5.85. The van der Waals surface area contributed by atoms with E-state index in [0.717, 1.165) is 25.9 Å². The van der Waals surface area contributed by atoms with Crippen molar-refractivity contribution >= 4 is 11.9 Å². The van der Waals surface area contributed by atoms with Gasteiger partial charge in [0.15, 0.2) is 5.69 Å². The van der Waals surface area contributed by atoms with Crippen molar-refractivity contribution in [3.63, 3.8) is 0 Å². The highest BCUT2D eigenvalue weighted by Crippen LogP contribution is 2.10. The summed E-state index contributed by atoms with van der Waals surface area (Å²) in [4.78, 5) is 24.5. The van der Waals surface area contributed by atoms with Crippen LogP contribution in [0.1, 0.15) is 36.2 Å². The number of carboxylic acid groups (broad SMARTS) is 1. The Labute approximate surface area is 105 Å². The molecule has 0 saturated carbocycles. The zero-order valence-electron chi connectivity index (χ0n) is 10.2. The largest absolute Gasteiger partial charge is 0.476 e. The SMILES string of the molecule is O=C(O)c1ccn(CC(=O)N2CCCCCC2)n1. The maximum absolute atomic E-state index is 12.0. The van der Waals surface area contributed by atoms with Crippen LogP contribution in [0.15, 0.2) is 12.3 Å². The summed E-state index contributed by atoms with van der Waals surface area (Å²) in [6, 6.07) is 1.40. The molecular weight excluding hydrogens is 234 g/mol. The summed E-state index contributed by atoms with van der Waals surface area (Å²) in [5.74, 6) is -1.06. The van der Waals surface area contributed by atoms with Gasteiger partial charge in [-0.3, -0.25) is 9.48 Å². The van der Waals surface area contributed by atoms with Crippen molar-refractivity contribution < 1.29 is 14.7 Å². The van der Waals surface area contributed by atoms with Gasteiger partial charge in [-0.2, -0.15) is 5.10 Å². The molecule has 2 heterocycles. The van der Waals surface area contributed by atoms with Crippen molar-refractivity contribution in [2.75, 3.05) is 13.1 Å². The van der Waals surface area contributed by atoms with E-state index >= 15 is 0 Å². The van der Waals surface area contributed by atoms with Crippen LogP contribution in [0.5, 0.6) is 0 Å². The Hall–Kier alpha value is -1.85. The van der Waals surface area contributed by atoms with Crippen molar-refractivity contribution in [3.8, 4) is 0 Å². The molecule has 0 aliphatic carbocycles. The third-order valence-corrected chi connectivity index (χ3v) is 3.12. The second-order valence-corrected chi connectivity index (χ2v) is 4.50. The van der Waals surface area contributed by atoms with Gasteiger partial charge in [-0.1, -0.05) is 12.8 Å². The summed E-state index contributed by atoms with van der Waals surface area (Å²) in [5.41, 5.74) is -0.0290. The molecule has 98 valence electrons. The summed E-state index contributed by atoms with van der Waals surface area (Å²) in [7, 11) is 0. The van der Waals surface area contributed by atoms with Gasteiger partial charge in [0.05, 0.1) is 0 Å². The molecular formula is C12H17N3O3. The van der Waals surface area contributed by atoms with Crippen LogP contribution in [0.4, 0.5) is 0 Å². The maximum atomic E-state index is 12.0. The second-order valence-electron chi connectivity index (χ2n) is 4.50. The van der Waals surface area contributed by atoms with Crippen LogP contribution in [0.25, 0.3) is 0 Å². The Bertz CT molecular complexity index is 434. The van der Waals surface area contributed by atoms with Crippen LogP contribution in [-0.4, -0.2) is 44.8 Å². The quantitative estimate of drug-likeness (QED) is 0.869. The lowest BCUT2D eigenvalue weighted by atomic mass is 10.2. The van der Waals surface area contributed by atoms with Crippen LogP contribution in [-0.2, 0) is 11.3 Å². The van der Waals surface area contributed by atoms with Crippen molar-refractivity contribution in [3.05, 3.63) is 18.0 Å². The highest BCUT2D eigenvalue weighted by Gasteiger charge is 2.16. The van der Waals surface area contributed by atoms with Gasteiger partial charge in [-0.15, -0.1) is 0 Å². The zero-order chi connectivity index (χ0) is 13.0. The molecule has 18 heavy (non-hydrogen) atoms. The van der Waals surface area contributed by atoms with Gasteiger partial charge < -0.3 is 10.0 Å². The fourth-order valence-corrected chi connectivity index (χ4v) is 2.12. The number of carbonyl (C=O) groups excluding carboxylic acids is 1. The third kappa shape index (κ3) is 3.09. The van der Waals surface area contributed by atoms with E-state index in [1.165, 1.54) is 29.8 Å². The fourth-order valence-electron chi connectivity index (χ4n) is 2.12. The van der Waals surface area contributed by atoms with Crippen LogP contribution in [0.3, 0.4) is 0 Å². The molecule has 1 aromatic rings.